The van der Waals surface area contributed by atoms with Gasteiger partial charge in [-0.15, -0.1) is 0 Å². The number of benzene rings is 4. The summed E-state index contributed by atoms with van der Waals surface area (Å²) in [6, 6.07) is 46.8. The predicted molar refractivity (Wildman–Crippen MR) is 460 cm³/mol. The van der Waals surface area contributed by atoms with Crippen LogP contribution in [0.2, 0.25) is 5.02 Å². The third-order valence-electron chi connectivity index (χ3n) is 20.7. The lowest BCUT2D eigenvalue weighted by atomic mass is 9.80. The van der Waals surface area contributed by atoms with Crippen molar-refractivity contribution in [3.63, 3.8) is 0 Å². The molecule has 16 rings (SSSR count). The molecule has 2 atom stereocenters. The molecule has 4 aliphatic rings. The van der Waals surface area contributed by atoms with E-state index >= 15 is 0 Å². The van der Waals surface area contributed by atoms with Gasteiger partial charge < -0.3 is 64.3 Å². The van der Waals surface area contributed by atoms with Gasteiger partial charge in [0.1, 0.15) is 11.6 Å². The maximum absolute atomic E-state index is 14.5. The molecule has 4 aliphatic heterocycles. The number of pyridine rings is 6. The second kappa shape index (κ2) is 37.9. The number of hydrogen-bond acceptors (Lipinski definition) is 19. The maximum atomic E-state index is 14.5. The van der Waals surface area contributed by atoms with Gasteiger partial charge in [0, 0.05) is 151 Å². The zero-order valence-corrected chi connectivity index (χ0v) is 68.6. The number of nitrogen functional groups attached to an aromatic ring is 2. The fourth-order valence-corrected chi connectivity index (χ4v) is 14.8. The Morgan fingerprint density at radius 1 is 0.534 bits per heavy atom. The molecule has 0 unspecified atom stereocenters. The molecular formula is C85H86BBr2ClN16O11. The van der Waals surface area contributed by atoms with Crippen molar-refractivity contribution in [2.75, 3.05) is 61.7 Å². The Morgan fingerprint density at radius 2 is 0.966 bits per heavy atom. The van der Waals surface area contributed by atoms with Gasteiger partial charge in [-0.25, -0.2) is 29.6 Å². The van der Waals surface area contributed by atoms with E-state index in [0.29, 0.717) is 82.7 Å². The molecule has 0 aliphatic carbocycles. The van der Waals surface area contributed by atoms with Gasteiger partial charge in [0.25, 0.3) is 27.8 Å². The van der Waals surface area contributed by atoms with Gasteiger partial charge in [-0.3, -0.25) is 37.9 Å². The first kappa shape index (κ1) is 84.0. The molecule has 4 aromatic carbocycles. The number of nitrogens with two attached hydrogens (primary N) is 2. The first-order chi connectivity index (χ1) is 55.8. The van der Waals surface area contributed by atoms with Crippen molar-refractivity contribution in [2.45, 2.75) is 121 Å². The quantitative estimate of drug-likeness (QED) is 0.0529. The highest BCUT2D eigenvalue weighted by atomic mass is 79.9. The Bertz CT molecular complexity index is 5960. The Morgan fingerprint density at radius 3 is 1.43 bits per heavy atom. The molecule has 596 valence electrons. The molecule has 7 N–H and O–H groups in total. The largest absolute Gasteiger partial charge is 0.496 e. The molecule has 4 saturated heterocycles. The molecular weight excluding hydrogens is 1630 g/mol. The third kappa shape index (κ3) is 19.9. The fourth-order valence-electron chi connectivity index (χ4n) is 13.9. The molecule has 0 amide bonds. The van der Waals surface area contributed by atoms with Crippen molar-refractivity contribution in [2.24, 2.45) is 0 Å². The number of aromatic amines is 1. The van der Waals surface area contributed by atoms with Crippen LogP contribution < -0.4 is 60.9 Å². The van der Waals surface area contributed by atoms with Crippen LogP contribution in [-0.2, 0) is 23.5 Å². The van der Waals surface area contributed by atoms with E-state index in [0.717, 1.165) is 88.0 Å². The molecule has 12 aromatic rings. The zero-order valence-electron chi connectivity index (χ0n) is 64.6. The van der Waals surface area contributed by atoms with E-state index in [-0.39, 0.29) is 86.0 Å². The summed E-state index contributed by atoms with van der Waals surface area (Å²) in [6.45, 7) is 30.9. The van der Waals surface area contributed by atoms with Gasteiger partial charge in [-0.05, 0) is 200 Å². The summed E-state index contributed by atoms with van der Waals surface area (Å²) in [6.07, 6.45) is 15.1. The Hall–Kier alpha value is -11.4. The van der Waals surface area contributed by atoms with Crippen molar-refractivity contribution in [1.29, 1.82) is 0 Å². The van der Waals surface area contributed by atoms with Crippen molar-refractivity contribution in [3.05, 3.63) is 305 Å². The molecule has 12 heterocycles. The minimum absolute atomic E-state index is 0.0205. The van der Waals surface area contributed by atoms with E-state index in [4.69, 9.17) is 59.7 Å². The lowest BCUT2D eigenvalue weighted by Crippen LogP contribution is -2.41. The van der Waals surface area contributed by atoms with E-state index in [1.54, 1.807) is 79.1 Å². The summed E-state index contributed by atoms with van der Waals surface area (Å²) >= 11 is 12.9. The number of halogens is 3. The highest BCUT2D eigenvalue weighted by molar-refractivity contribution is 9.10. The Labute approximate surface area is 690 Å². The van der Waals surface area contributed by atoms with Gasteiger partial charge in [-0.1, -0.05) is 84.4 Å². The summed E-state index contributed by atoms with van der Waals surface area (Å²) in [5.74, 6) is 0.704. The van der Waals surface area contributed by atoms with E-state index in [9.17, 15) is 28.8 Å². The summed E-state index contributed by atoms with van der Waals surface area (Å²) in [5, 5.41) is 9.34. The van der Waals surface area contributed by atoms with Gasteiger partial charge >= 0.3 is 7.12 Å². The van der Waals surface area contributed by atoms with Crippen molar-refractivity contribution in [1.82, 2.24) is 47.8 Å². The average Bonchev–Trinajstić information content (AvgIpc) is 0.875. The van der Waals surface area contributed by atoms with E-state index in [2.05, 4.69) is 77.1 Å². The summed E-state index contributed by atoms with van der Waals surface area (Å²) < 4.78 is 38.8. The van der Waals surface area contributed by atoms with Crippen LogP contribution in [0, 0.1) is 13.1 Å². The topological polar surface area (TPSA) is 325 Å². The number of H-pyrrole nitrogens is 1. The van der Waals surface area contributed by atoms with Crippen LogP contribution in [0.15, 0.2) is 233 Å². The second-order valence-electron chi connectivity index (χ2n) is 28.9. The molecule has 0 bridgehead atoms. The van der Waals surface area contributed by atoms with Crippen molar-refractivity contribution < 1.29 is 23.5 Å². The Balaban J connectivity index is 0.000000146. The molecule has 0 spiro atoms. The van der Waals surface area contributed by atoms with Crippen LogP contribution in [-0.4, -0.2) is 106 Å². The van der Waals surface area contributed by atoms with Crippen LogP contribution in [0.1, 0.15) is 122 Å². The van der Waals surface area contributed by atoms with Gasteiger partial charge in [0.2, 0.25) is 28.8 Å². The highest BCUT2D eigenvalue weighted by Gasteiger charge is 2.52. The molecule has 4 fully saturated rings. The number of fused-ring (bicyclic) bond motifs is 2. The first-order valence-corrected chi connectivity index (χ1v) is 39.7. The highest BCUT2D eigenvalue weighted by Crippen LogP contribution is 2.38. The average molecular weight is 1710 g/mol. The number of aromatic nitrogens is 10. The van der Waals surface area contributed by atoms with Crippen LogP contribution >= 0.6 is 43.5 Å². The molecule has 0 saturated carbocycles. The monoisotopic (exact) mass is 1710 g/mol. The summed E-state index contributed by atoms with van der Waals surface area (Å²) in [4.78, 5) is 100. The molecule has 116 heavy (non-hydrogen) atoms. The van der Waals surface area contributed by atoms with E-state index < -0.39 is 13.2 Å². The number of rotatable bonds is 13. The lowest BCUT2D eigenvalue weighted by molar-refractivity contribution is 0.00578. The van der Waals surface area contributed by atoms with Crippen LogP contribution in [0.25, 0.3) is 53.7 Å². The summed E-state index contributed by atoms with van der Waals surface area (Å²) in [5.41, 5.74) is 15.9. The fraction of sp³-hybridized carbons (Fsp3) is 0.294. The molecule has 8 aromatic heterocycles. The van der Waals surface area contributed by atoms with Gasteiger partial charge in [0.05, 0.1) is 52.2 Å². The number of anilines is 4. The summed E-state index contributed by atoms with van der Waals surface area (Å²) in [7, 11) is -0.434. The van der Waals surface area contributed by atoms with Crippen LogP contribution in [0.4, 0.5) is 34.9 Å². The van der Waals surface area contributed by atoms with Crippen LogP contribution in [0.3, 0.4) is 0 Å². The normalized spacial score (nSPS) is 15.8. The zero-order chi connectivity index (χ0) is 82.4. The number of ether oxygens (including phenoxy) is 3. The predicted octanol–water partition coefficient (Wildman–Crippen LogP) is 14.6. The SMILES string of the molecule is CC1(C)OB(c2ccc(=O)n(C3CCOCC3)c2)OC1(C)C.O=c1ccc(Br)c[nH]1.O=c1ccc(Br)cn1C1CCOCC1.[C-]#[N+]c1cnc(N)nc1N[C@@H](C)c1cc2cccc(-c3ccc(=O)n(C4CCOCC4)c3)c2c(=O)n1-c1ccccc1.[C-]#[N+]c1cnc(N)nc1N[C@@H](C)c1cc2cccc(Cl)c2c(=O)n1-c1ccccc1. The number of nitrogens with one attached hydrogen (secondary N) is 3. The number of nitrogens with zero attached hydrogens (tertiary/aromatic N) is 11. The number of para-hydroxylation sites is 2. The van der Waals surface area contributed by atoms with Crippen LogP contribution in [0.5, 0.6) is 0 Å². The minimum Gasteiger partial charge on any atom is -0.399 e. The van der Waals surface area contributed by atoms with Crippen molar-refractivity contribution >= 4 is 112 Å². The molecule has 31 heteroatoms. The molecule has 27 nitrogen and oxygen atoms in total. The minimum atomic E-state index is -0.434. The maximum Gasteiger partial charge on any atom is 0.496 e. The van der Waals surface area contributed by atoms with E-state index in [1.165, 1.54) is 18.5 Å². The standard InChI is InChI=1S/C32H29N7O3.C22H17ClN6O.C16H24BNO4.C10H12BrNO2.C5H4BrNO/c1-20(36-30-26(34-2)18-35-32(33)37-30)27-17-21-7-6-10-25(29(21)31(41)39(27)24-8-4-3-5-9-24)22-11-12-28(40)38(19-22)23-13-15-42-16-14-23;1-13(27-20-17(25-2)12-26-22(24)28-20)18-11-14-7-6-10-16(23)19(14)21(30)29(18)15-8-4-3-5-9-15;1-15(2)16(3,4)22-17(21-15)12-5-6-14(19)18(11-12)13-7-9-20-10-8-13;11-8-1-2-10(13)12(7-8)9-3-5-14-6-4-9;6-4-1-2-5(8)7-3-4/h3-12,17-20,23H,13-16H2,1H3,(H3,33,35,36,37);3-13H,1H3,(H3,24,26,27,28);5-6,11,13H,7-10H2,1-4H3;1-2,7,9H,3-6H2;1-3H,(H,7,8)/t20-;13-;;;/m00.../s1. The van der Waals surface area contributed by atoms with Gasteiger partial charge in [0.15, 0.2) is 0 Å². The molecule has 0 radical (unpaired) electrons. The number of hydrogen-bond donors (Lipinski definition) is 5. The van der Waals surface area contributed by atoms with Gasteiger partial charge in [-0.2, -0.15) is 0 Å². The first-order valence-electron chi connectivity index (χ1n) is 37.7. The van der Waals surface area contributed by atoms with E-state index in [1.807, 2.05) is 162 Å². The van der Waals surface area contributed by atoms with Crippen molar-refractivity contribution in [3.8, 4) is 22.5 Å². The lowest BCUT2D eigenvalue weighted by Gasteiger charge is -2.32. The smallest absolute Gasteiger partial charge is 0.399 e. The Kier molecular flexibility index (Phi) is 27.4. The third-order valence-corrected chi connectivity index (χ3v) is 22.0. The second-order valence-corrected chi connectivity index (χ2v) is 31.1.